The maximum absolute atomic E-state index is 14.2. The third-order valence-electron chi connectivity index (χ3n) is 4.94. The van der Waals surface area contributed by atoms with Gasteiger partial charge in [0.1, 0.15) is 5.82 Å². The van der Waals surface area contributed by atoms with Gasteiger partial charge in [0.05, 0.1) is 11.4 Å². The maximum atomic E-state index is 14.2. The van der Waals surface area contributed by atoms with Crippen LogP contribution in [0.2, 0.25) is 0 Å². The smallest absolute Gasteiger partial charge is 0.253 e. The molecule has 1 N–H and O–H groups in total. The summed E-state index contributed by atoms with van der Waals surface area (Å²) in [6.07, 6.45) is 2.80. The number of nitrogens with one attached hydrogen (secondary N) is 1. The van der Waals surface area contributed by atoms with Crippen LogP contribution in [0.1, 0.15) is 36.8 Å². The van der Waals surface area contributed by atoms with Crippen molar-refractivity contribution < 1.29 is 18.8 Å². The molecule has 0 bridgehead atoms. The molecular formula is C25H25FN4O3S. The van der Waals surface area contributed by atoms with Crippen LogP contribution in [0.5, 0.6) is 0 Å². The van der Waals surface area contributed by atoms with E-state index in [2.05, 4.69) is 10.3 Å². The second kappa shape index (κ2) is 11.3. The summed E-state index contributed by atoms with van der Waals surface area (Å²) in [7, 11) is 0. The number of amides is 3. The highest BCUT2D eigenvalue weighted by Gasteiger charge is 2.20. The van der Waals surface area contributed by atoms with Gasteiger partial charge in [-0.2, -0.15) is 0 Å². The first kappa shape index (κ1) is 24.8. The molecule has 1 heterocycles. The molecule has 0 aliphatic heterocycles. The van der Waals surface area contributed by atoms with Crippen LogP contribution < -0.4 is 10.2 Å². The van der Waals surface area contributed by atoms with Gasteiger partial charge in [-0.05, 0) is 50.3 Å². The zero-order valence-corrected chi connectivity index (χ0v) is 19.9. The molecule has 7 nitrogen and oxygen atoms in total. The summed E-state index contributed by atoms with van der Waals surface area (Å²) >= 11 is 1.16. The molecule has 0 saturated heterocycles. The highest BCUT2D eigenvalue weighted by atomic mass is 32.1. The Hall–Kier alpha value is -3.85. The number of halogens is 1. The van der Waals surface area contributed by atoms with Gasteiger partial charge >= 0.3 is 0 Å². The van der Waals surface area contributed by atoms with E-state index >= 15 is 0 Å². The van der Waals surface area contributed by atoms with Crippen LogP contribution in [0.4, 0.5) is 20.9 Å². The molecule has 0 spiro atoms. The topological polar surface area (TPSA) is 82.6 Å². The summed E-state index contributed by atoms with van der Waals surface area (Å²) < 4.78 is 14.2. The van der Waals surface area contributed by atoms with Gasteiger partial charge in [0, 0.05) is 42.7 Å². The molecule has 34 heavy (non-hydrogen) atoms. The normalized spacial score (nSPS) is 10.8. The number of carbonyl (C=O) groups is 3. The molecule has 0 unspecified atom stereocenters. The number of hydrogen-bond acceptors (Lipinski definition) is 5. The Morgan fingerprint density at radius 1 is 1.09 bits per heavy atom. The number of carbonyl (C=O) groups excluding carboxylic acids is 3. The fourth-order valence-electron chi connectivity index (χ4n) is 3.26. The van der Waals surface area contributed by atoms with Crippen LogP contribution >= 0.6 is 11.3 Å². The lowest BCUT2D eigenvalue weighted by molar-refractivity contribution is -0.116. The van der Waals surface area contributed by atoms with Crippen LogP contribution in [0.25, 0.3) is 6.08 Å². The zero-order valence-electron chi connectivity index (χ0n) is 19.1. The van der Waals surface area contributed by atoms with Crippen molar-refractivity contribution in [3.8, 4) is 0 Å². The quantitative estimate of drug-likeness (QED) is 0.455. The van der Waals surface area contributed by atoms with Crippen molar-refractivity contribution in [3.63, 3.8) is 0 Å². The van der Waals surface area contributed by atoms with E-state index in [9.17, 15) is 18.8 Å². The van der Waals surface area contributed by atoms with E-state index in [1.165, 1.54) is 36.1 Å². The van der Waals surface area contributed by atoms with Crippen molar-refractivity contribution in [2.24, 2.45) is 0 Å². The number of aromatic nitrogens is 1. The minimum absolute atomic E-state index is 0.100. The van der Waals surface area contributed by atoms with Gasteiger partial charge < -0.3 is 10.2 Å². The van der Waals surface area contributed by atoms with Gasteiger partial charge in [0.25, 0.3) is 5.91 Å². The first-order valence-electron chi connectivity index (χ1n) is 10.7. The molecule has 2 aromatic carbocycles. The lowest BCUT2D eigenvalue weighted by Crippen LogP contribution is -2.30. The van der Waals surface area contributed by atoms with Gasteiger partial charge in [-0.3, -0.25) is 19.3 Å². The Labute approximate surface area is 201 Å². The predicted molar refractivity (Wildman–Crippen MR) is 133 cm³/mol. The van der Waals surface area contributed by atoms with Gasteiger partial charge in [0.15, 0.2) is 5.13 Å². The van der Waals surface area contributed by atoms with Gasteiger partial charge in [-0.1, -0.05) is 18.2 Å². The van der Waals surface area contributed by atoms with Crippen LogP contribution in [0.15, 0.2) is 60.0 Å². The number of thiazole rings is 1. The Morgan fingerprint density at radius 3 is 2.50 bits per heavy atom. The SMILES string of the molecule is CCN(CC)C(=O)c1cccc(NC(=O)C=Cc2csc(N(C(C)=O)c3ccccc3F)n2)c1. The average Bonchev–Trinajstić information content (AvgIpc) is 3.28. The number of nitrogens with zero attached hydrogens (tertiary/aromatic N) is 3. The summed E-state index contributed by atoms with van der Waals surface area (Å²) in [6, 6.07) is 12.7. The molecule has 0 aliphatic rings. The fourth-order valence-corrected chi connectivity index (χ4v) is 4.11. The van der Waals surface area contributed by atoms with E-state index in [1.54, 1.807) is 46.7 Å². The molecule has 176 valence electrons. The lowest BCUT2D eigenvalue weighted by atomic mass is 10.1. The molecular weight excluding hydrogens is 455 g/mol. The highest BCUT2D eigenvalue weighted by molar-refractivity contribution is 7.14. The molecule has 9 heteroatoms. The first-order valence-corrected chi connectivity index (χ1v) is 11.6. The molecule has 3 amide bonds. The molecule has 0 radical (unpaired) electrons. The summed E-state index contributed by atoms with van der Waals surface area (Å²) in [4.78, 5) is 44.3. The van der Waals surface area contributed by atoms with Crippen molar-refractivity contribution >= 4 is 51.6 Å². The van der Waals surface area contributed by atoms with E-state index in [0.717, 1.165) is 11.3 Å². The van der Waals surface area contributed by atoms with Crippen LogP contribution in [-0.2, 0) is 9.59 Å². The van der Waals surface area contributed by atoms with E-state index in [4.69, 9.17) is 0 Å². The first-order chi connectivity index (χ1) is 16.3. The number of para-hydroxylation sites is 1. The predicted octanol–water partition coefficient (Wildman–Crippen LogP) is 5.10. The number of anilines is 3. The van der Waals surface area contributed by atoms with E-state index in [-0.39, 0.29) is 17.5 Å². The Balaban J connectivity index is 1.71. The number of rotatable bonds is 8. The summed E-state index contributed by atoms with van der Waals surface area (Å²) in [5.74, 6) is -1.42. The van der Waals surface area contributed by atoms with E-state index in [1.807, 2.05) is 13.8 Å². The van der Waals surface area contributed by atoms with Crippen molar-refractivity contribution in [3.05, 3.63) is 77.1 Å². The molecule has 0 fully saturated rings. The molecule has 3 rings (SSSR count). The van der Waals surface area contributed by atoms with Crippen molar-refractivity contribution in [2.75, 3.05) is 23.3 Å². The van der Waals surface area contributed by atoms with Crippen LogP contribution in [0.3, 0.4) is 0 Å². The Kier molecular flexibility index (Phi) is 8.26. The minimum Gasteiger partial charge on any atom is -0.339 e. The van der Waals surface area contributed by atoms with Gasteiger partial charge in [-0.25, -0.2) is 9.37 Å². The van der Waals surface area contributed by atoms with Crippen LogP contribution in [-0.4, -0.2) is 40.7 Å². The van der Waals surface area contributed by atoms with E-state index < -0.39 is 11.7 Å². The third kappa shape index (κ3) is 5.93. The minimum atomic E-state index is -0.536. The maximum Gasteiger partial charge on any atom is 0.253 e. The van der Waals surface area contributed by atoms with Crippen LogP contribution in [0, 0.1) is 5.82 Å². The fraction of sp³-hybridized carbons (Fsp3) is 0.200. The molecule has 0 aliphatic carbocycles. The Morgan fingerprint density at radius 2 is 1.82 bits per heavy atom. The third-order valence-corrected chi connectivity index (χ3v) is 5.79. The van der Waals surface area contributed by atoms with Crippen molar-refractivity contribution in [2.45, 2.75) is 20.8 Å². The van der Waals surface area contributed by atoms with Gasteiger partial charge in [0.2, 0.25) is 11.8 Å². The lowest BCUT2D eigenvalue weighted by Gasteiger charge is -2.18. The van der Waals surface area contributed by atoms with E-state index in [0.29, 0.717) is 35.2 Å². The van der Waals surface area contributed by atoms with Crippen molar-refractivity contribution in [1.82, 2.24) is 9.88 Å². The molecule has 0 saturated carbocycles. The number of hydrogen-bond donors (Lipinski definition) is 1. The monoisotopic (exact) mass is 480 g/mol. The summed E-state index contributed by atoms with van der Waals surface area (Å²) in [5.41, 5.74) is 1.54. The highest BCUT2D eigenvalue weighted by Crippen LogP contribution is 2.31. The second-order valence-corrected chi connectivity index (χ2v) is 8.08. The summed E-state index contributed by atoms with van der Waals surface area (Å²) in [6.45, 7) is 6.35. The zero-order chi connectivity index (χ0) is 24.7. The summed E-state index contributed by atoms with van der Waals surface area (Å²) in [5, 5.41) is 4.69. The molecule has 0 atom stereocenters. The average molecular weight is 481 g/mol. The molecule has 3 aromatic rings. The van der Waals surface area contributed by atoms with Gasteiger partial charge in [-0.15, -0.1) is 11.3 Å². The molecule has 1 aromatic heterocycles. The Bertz CT molecular complexity index is 1220. The van der Waals surface area contributed by atoms with Crippen molar-refractivity contribution in [1.29, 1.82) is 0 Å². The number of benzene rings is 2. The second-order valence-electron chi connectivity index (χ2n) is 7.24. The standard InChI is InChI=1S/C25H25FN4O3S/c1-4-29(5-2)24(33)18-9-8-10-19(15-18)27-23(32)14-13-20-16-34-25(28-20)30(17(3)31)22-12-7-6-11-21(22)26/h6-16H,4-5H2,1-3H3,(H,27,32). The largest absolute Gasteiger partial charge is 0.339 e.